The van der Waals surface area contributed by atoms with Crippen molar-refractivity contribution in [2.45, 2.75) is 39.8 Å². The Morgan fingerprint density at radius 3 is 1.89 bits per heavy atom. The molecule has 36 heavy (non-hydrogen) atoms. The number of para-hydroxylation sites is 1. The highest BCUT2D eigenvalue weighted by atomic mass is 28.4. The van der Waals surface area contributed by atoms with Gasteiger partial charge in [0.15, 0.2) is 0 Å². The summed E-state index contributed by atoms with van der Waals surface area (Å²) in [5.74, 6) is -0.994. The van der Waals surface area contributed by atoms with Crippen molar-refractivity contribution in [3.05, 3.63) is 65.7 Å². The molecule has 0 aliphatic rings. The van der Waals surface area contributed by atoms with Crippen molar-refractivity contribution in [3.63, 3.8) is 0 Å². The molecule has 0 fully saturated rings. The van der Waals surface area contributed by atoms with E-state index < -0.39 is 20.9 Å². The Morgan fingerprint density at radius 1 is 0.889 bits per heavy atom. The van der Waals surface area contributed by atoms with Gasteiger partial charge in [-0.05, 0) is 57.0 Å². The summed E-state index contributed by atoms with van der Waals surface area (Å²) in [7, 11) is 1.38. The number of rotatable bonds is 14. The summed E-state index contributed by atoms with van der Waals surface area (Å²) in [6.07, 6.45) is 0.114. The maximum absolute atomic E-state index is 11.8. The average molecular weight is 521 g/mol. The quantitative estimate of drug-likeness (QED) is 0.270. The van der Waals surface area contributed by atoms with Crippen molar-refractivity contribution in [1.29, 1.82) is 0 Å². The molecule has 1 amide bonds. The number of nitrogens with zero attached hydrogens (tertiary/aromatic N) is 1. The minimum atomic E-state index is -2.69. The van der Waals surface area contributed by atoms with Gasteiger partial charge < -0.3 is 33.3 Å². The van der Waals surface area contributed by atoms with Gasteiger partial charge in [0, 0.05) is 52.2 Å². The molecule has 10 heteroatoms. The van der Waals surface area contributed by atoms with Crippen LogP contribution in [0.3, 0.4) is 0 Å². The van der Waals surface area contributed by atoms with Gasteiger partial charge >= 0.3 is 20.9 Å². The van der Waals surface area contributed by atoms with E-state index in [0.29, 0.717) is 44.4 Å². The third kappa shape index (κ3) is 12.2. The third-order valence-electron chi connectivity index (χ3n) is 4.87. The number of alkyl carbamates (subject to hydrolysis) is 1. The van der Waals surface area contributed by atoms with Crippen LogP contribution in [0, 0.1) is 0 Å². The zero-order chi connectivity index (χ0) is 26.8. The Morgan fingerprint density at radius 2 is 1.44 bits per heavy atom. The van der Waals surface area contributed by atoms with Crippen LogP contribution in [0.25, 0.3) is 0 Å². The molecule has 0 aromatic heterocycles. The third-order valence-corrected chi connectivity index (χ3v) is 8.02. The minimum Gasteiger partial charge on any atom is -0.478 e. The number of hydrogen-bond acceptors (Lipinski definition) is 7. The molecule has 0 saturated heterocycles. The van der Waals surface area contributed by atoms with Crippen LogP contribution in [-0.2, 0) is 24.6 Å². The Labute approximate surface area is 215 Å². The van der Waals surface area contributed by atoms with E-state index in [2.05, 4.69) is 22.3 Å². The lowest BCUT2D eigenvalue weighted by atomic mass is 10.1. The molecule has 0 atom stereocenters. The Bertz CT molecular complexity index is 863. The molecule has 0 radical (unpaired) electrons. The van der Waals surface area contributed by atoms with Crippen LogP contribution >= 0.6 is 0 Å². The monoisotopic (exact) mass is 520 g/mol. The molecule has 0 unspecified atom stereocenters. The zero-order valence-electron chi connectivity index (χ0n) is 22.0. The summed E-state index contributed by atoms with van der Waals surface area (Å²) >= 11 is 0. The number of ether oxygens (including phenoxy) is 1. The van der Waals surface area contributed by atoms with Crippen LogP contribution in [0.4, 0.5) is 10.5 Å². The lowest BCUT2D eigenvalue weighted by molar-refractivity contribution is 0.0692. The number of amides is 1. The molecule has 2 aromatic rings. The first-order valence-electron chi connectivity index (χ1n) is 12.1. The normalized spacial score (nSPS) is 10.7. The summed E-state index contributed by atoms with van der Waals surface area (Å²) in [5, 5.41) is 11.5. The lowest BCUT2D eigenvalue weighted by Gasteiger charge is -2.28. The Kier molecular flexibility index (Phi) is 15.1. The topological polar surface area (TPSA) is 107 Å². The van der Waals surface area contributed by atoms with Crippen LogP contribution in [0.1, 0.15) is 43.1 Å². The lowest BCUT2D eigenvalue weighted by Crippen LogP contribution is -2.46. The summed E-state index contributed by atoms with van der Waals surface area (Å²) in [6, 6.07) is 17.0. The molecule has 0 bridgehead atoms. The number of carboxylic acids is 1. The van der Waals surface area contributed by atoms with Crippen molar-refractivity contribution >= 4 is 26.6 Å². The first-order valence-corrected chi connectivity index (χ1v) is 14.1. The predicted molar refractivity (Wildman–Crippen MR) is 142 cm³/mol. The fourth-order valence-corrected chi connectivity index (χ4v) is 5.78. The molecule has 2 aromatic carbocycles. The van der Waals surface area contributed by atoms with E-state index in [1.165, 1.54) is 17.8 Å². The van der Waals surface area contributed by atoms with Crippen molar-refractivity contribution in [3.8, 4) is 0 Å². The van der Waals surface area contributed by atoms with Crippen LogP contribution in [0.5, 0.6) is 0 Å². The second-order valence-corrected chi connectivity index (χ2v) is 10.6. The van der Waals surface area contributed by atoms with E-state index >= 15 is 0 Å². The highest BCUT2D eigenvalue weighted by Crippen LogP contribution is 2.17. The molecule has 0 saturated carbocycles. The smallest absolute Gasteiger partial charge is 0.478 e. The number of hydrogen-bond donors (Lipinski definition) is 2. The van der Waals surface area contributed by atoms with E-state index in [0.717, 1.165) is 0 Å². The van der Waals surface area contributed by atoms with Gasteiger partial charge in [-0.2, -0.15) is 0 Å². The molecule has 2 rings (SSSR count). The van der Waals surface area contributed by atoms with Crippen molar-refractivity contribution in [1.82, 2.24) is 5.32 Å². The number of aromatic carboxylic acids is 1. The number of carbonyl (C=O) groups is 2. The number of carboxylic acid groups (broad SMARTS) is 1. The molecule has 200 valence electrons. The van der Waals surface area contributed by atoms with Crippen molar-refractivity contribution in [2.24, 2.45) is 0 Å². The highest BCUT2D eigenvalue weighted by molar-refractivity contribution is 6.60. The van der Waals surface area contributed by atoms with Gasteiger partial charge in [-0.3, -0.25) is 0 Å². The van der Waals surface area contributed by atoms with Gasteiger partial charge in [0.1, 0.15) is 6.61 Å². The number of benzene rings is 2. The maximum atomic E-state index is 11.8. The standard InChI is InChI=1S/C18H29NO7Si.C8H11N/c1-4-24-27(25-5-2,26-6-3)13-7-12-19-18(22)23-14-15-8-10-16(11-9-15)17(20)21;1-9(2)8-6-4-3-5-7-8/h8-11H,4-7,12-14H2,1-3H3,(H,19,22)(H,20,21);3-7H,1-2H3. The van der Waals surface area contributed by atoms with Gasteiger partial charge in [-0.1, -0.05) is 30.3 Å². The molecule has 0 aliphatic heterocycles. The Hall–Kier alpha value is -2.92. The SMILES string of the molecule is CCO[Si](CCCNC(=O)OCc1ccc(C(=O)O)cc1)(OCC)OCC.CN(C)c1ccccc1. The molecule has 9 nitrogen and oxygen atoms in total. The van der Waals surface area contributed by atoms with Gasteiger partial charge in [0.05, 0.1) is 5.56 Å². The zero-order valence-corrected chi connectivity index (χ0v) is 23.0. The summed E-state index contributed by atoms with van der Waals surface area (Å²) in [4.78, 5) is 24.7. The van der Waals surface area contributed by atoms with Gasteiger partial charge in [0.25, 0.3) is 0 Å². The first-order chi connectivity index (χ1) is 17.3. The molecular weight excluding hydrogens is 480 g/mol. The summed E-state index contributed by atoms with van der Waals surface area (Å²) in [6.45, 7) is 7.74. The van der Waals surface area contributed by atoms with Crippen LogP contribution in [0.15, 0.2) is 54.6 Å². The van der Waals surface area contributed by atoms with Crippen LogP contribution < -0.4 is 10.2 Å². The predicted octanol–water partition coefficient (Wildman–Crippen LogP) is 4.80. The fourth-order valence-electron chi connectivity index (χ4n) is 3.17. The maximum Gasteiger partial charge on any atom is 0.500 e. The van der Waals surface area contributed by atoms with Crippen molar-refractivity contribution in [2.75, 3.05) is 45.4 Å². The fraction of sp³-hybridized carbons (Fsp3) is 0.462. The molecule has 0 heterocycles. The Balaban J connectivity index is 0.000000600. The first kappa shape index (κ1) is 31.1. The van der Waals surface area contributed by atoms with Crippen LogP contribution in [0.2, 0.25) is 6.04 Å². The largest absolute Gasteiger partial charge is 0.500 e. The molecule has 0 aliphatic carbocycles. The second kappa shape index (κ2) is 17.5. The molecular formula is C26H40N2O7Si. The summed E-state index contributed by atoms with van der Waals surface area (Å²) in [5.41, 5.74) is 2.15. The van der Waals surface area contributed by atoms with E-state index in [-0.39, 0.29) is 12.2 Å². The molecule has 0 spiro atoms. The molecule has 2 N–H and O–H groups in total. The van der Waals surface area contributed by atoms with Gasteiger partial charge in [0.2, 0.25) is 0 Å². The van der Waals surface area contributed by atoms with E-state index in [9.17, 15) is 9.59 Å². The van der Waals surface area contributed by atoms with E-state index in [1.54, 1.807) is 12.1 Å². The highest BCUT2D eigenvalue weighted by Gasteiger charge is 2.39. The van der Waals surface area contributed by atoms with Crippen molar-refractivity contribution < 1.29 is 32.7 Å². The van der Waals surface area contributed by atoms with E-state index in [1.807, 2.05) is 53.1 Å². The minimum absolute atomic E-state index is 0.0707. The summed E-state index contributed by atoms with van der Waals surface area (Å²) < 4.78 is 22.4. The van der Waals surface area contributed by atoms with Gasteiger partial charge in [-0.15, -0.1) is 0 Å². The number of carbonyl (C=O) groups excluding carboxylic acids is 1. The number of anilines is 1. The van der Waals surface area contributed by atoms with Gasteiger partial charge in [-0.25, -0.2) is 9.59 Å². The number of nitrogens with one attached hydrogen (secondary N) is 1. The average Bonchev–Trinajstić information content (AvgIpc) is 2.87. The van der Waals surface area contributed by atoms with Crippen LogP contribution in [-0.4, -0.2) is 66.4 Å². The second-order valence-electron chi connectivity index (χ2n) is 7.82. The van der Waals surface area contributed by atoms with E-state index in [4.69, 9.17) is 23.1 Å².